The lowest BCUT2D eigenvalue weighted by molar-refractivity contribution is 0.0637. The topological polar surface area (TPSA) is 94.9 Å². The van der Waals surface area contributed by atoms with Gasteiger partial charge in [-0.3, -0.25) is 24.1 Å². The Hall–Kier alpha value is -4.65. The minimum atomic E-state index is -1.07. The Kier molecular flexibility index (Phi) is 6.74. The molecule has 0 unspecified atom stereocenters. The molecule has 2 aromatic carbocycles. The van der Waals surface area contributed by atoms with Crippen molar-refractivity contribution in [2.75, 3.05) is 11.6 Å². The zero-order valence-electron chi connectivity index (χ0n) is 19.2. The van der Waals surface area contributed by atoms with Gasteiger partial charge in [-0.1, -0.05) is 42.3 Å². The summed E-state index contributed by atoms with van der Waals surface area (Å²) in [5, 5.41) is 14.7. The van der Waals surface area contributed by atoms with Crippen LogP contribution in [0.15, 0.2) is 59.5 Å². The Morgan fingerprint density at radius 1 is 1.17 bits per heavy atom. The van der Waals surface area contributed by atoms with Crippen LogP contribution < -0.4 is 15.8 Å². The molecule has 1 aliphatic heterocycles. The van der Waals surface area contributed by atoms with Gasteiger partial charge in [-0.2, -0.15) is 0 Å². The molecule has 0 saturated heterocycles. The molecule has 0 radical (unpaired) electrons. The van der Waals surface area contributed by atoms with Crippen LogP contribution in [0.25, 0.3) is 0 Å². The molecule has 2 N–H and O–H groups in total. The summed E-state index contributed by atoms with van der Waals surface area (Å²) in [5.74, 6) is -1.57. The van der Waals surface area contributed by atoms with Gasteiger partial charge in [-0.25, -0.2) is 8.78 Å². The molecular weight excluding hydrogens is 470 g/mol. The number of terminal acetylenes is 1. The van der Waals surface area contributed by atoms with Crippen molar-refractivity contribution < 1.29 is 23.5 Å². The first-order valence-corrected chi connectivity index (χ1v) is 11.1. The number of fused-ring (bicyclic) bond motifs is 1. The fourth-order valence-electron chi connectivity index (χ4n) is 4.04. The number of nitrogens with zero attached hydrogens (tertiary/aromatic N) is 3. The highest BCUT2D eigenvalue weighted by molar-refractivity contribution is 5.99. The molecule has 10 heteroatoms. The molecule has 2 heterocycles. The maximum Gasteiger partial charge on any atom is 0.278 e. The van der Waals surface area contributed by atoms with E-state index in [4.69, 9.17) is 6.42 Å². The summed E-state index contributed by atoms with van der Waals surface area (Å²) in [6, 6.07) is 12.0. The van der Waals surface area contributed by atoms with E-state index < -0.39 is 46.4 Å². The number of aromatic hydroxyl groups is 1. The van der Waals surface area contributed by atoms with E-state index in [9.17, 15) is 28.3 Å². The summed E-state index contributed by atoms with van der Waals surface area (Å²) in [7, 11) is 0. The number of rotatable bonds is 6. The molecule has 0 bridgehead atoms. The van der Waals surface area contributed by atoms with Crippen molar-refractivity contribution in [3.8, 4) is 18.1 Å². The van der Waals surface area contributed by atoms with Crippen molar-refractivity contribution >= 4 is 11.8 Å². The van der Waals surface area contributed by atoms with Crippen LogP contribution in [0.2, 0.25) is 0 Å². The van der Waals surface area contributed by atoms with Gasteiger partial charge in [-0.05, 0) is 18.6 Å². The first-order valence-electron chi connectivity index (χ1n) is 11.1. The SMILES string of the molecule is C#C[C@H]1N(CC)C(=O)c2c(O)c(=O)c(C(=O)NCc3ccc(F)cc3F)cn2N1Cc1ccccc1. The molecule has 8 nitrogen and oxygen atoms in total. The normalized spacial score (nSPS) is 14.8. The van der Waals surface area contributed by atoms with Crippen LogP contribution in [-0.4, -0.2) is 39.2 Å². The quantitative estimate of drug-likeness (QED) is 0.516. The lowest BCUT2D eigenvalue weighted by atomic mass is 10.1. The molecule has 0 saturated carbocycles. The molecule has 36 heavy (non-hydrogen) atoms. The Morgan fingerprint density at radius 3 is 2.53 bits per heavy atom. The lowest BCUT2D eigenvalue weighted by Gasteiger charge is -2.44. The molecule has 1 aromatic heterocycles. The zero-order valence-corrected chi connectivity index (χ0v) is 19.2. The van der Waals surface area contributed by atoms with Crippen LogP contribution in [0.5, 0.6) is 5.75 Å². The molecular formula is C26H22F2N4O4. The molecule has 4 rings (SSSR count). The molecule has 2 amide bonds. The number of benzene rings is 2. The van der Waals surface area contributed by atoms with E-state index in [1.165, 1.54) is 15.6 Å². The van der Waals surface area contributed by atoms with Crippen LogP contribution in [-0.2, 0) is 13.1 Å². The van der Waals surface area contributed by atoms with Crippen molar-refractivity contribution in [3.63, 3.8) is 0 Å². The Bertz CT molecular complexity index is 1430. The van der Waals surface area contributed by atoms with Gasteiger partial charge in [-0.15, -0.1) is 6.42 Å². The van der Waals surface area contributed by atoms with Crippen molar-refractivity contribution in [2.45, 2.75) is 26.2 Å². The van der Waals surface area contributed by atoms with Crippen LogP contribution in [0.3, 0.4) is 0 Å². The Balaban J connectivity index is 1.76. The molecule has 1 aliphatic rings. The first kappa shape index (κ1) is 24.5. The summed E-state index contributed by atoms with van der Waals surface area (Å²) < 4.78 is 28.3. The molecule has 3 aromatic rings. The summed E-state index contributed by atoms with van der Waals surface area (Å²) in [5.41, 5.74) is -1.05. The number of pyridine rings is 1. The van der Waals surface area contributed by atoms with Crippen LogP contribution in [0.4, 0.5) is 8.78 Å². The maximum atomic E-state index is 14.0. The van der Waals surface area contributed by atoms with Crippen LogP contribution in [0, 0.1) is 24.0 Å². The minimum Gasteiger partial charge on any atom is -0.502 e. The molecule has 0 fully saturated rings. The number of carbonyl (C=O) groups is 2. The van der Waals surface area contributed by atoms with Gasteiger partial charge < -0.3 is 15.3 Å². The highest BCUT2D eigenvalue weighted by Gasteiger charge is 2.39. The van der Waals surface area contributed by atoms with Crippen molar-refractivity contribution in [2.24, 2.45) is 0 Å². The third kappa shape index (κ3) is 4.38. The monoisotopic (exact) mass is 492 g/mol. The fourth-order valence-corrected chi connectivity index (χ4v) is 4.04. The van der Waals surface area contributed by atoms with E-state index >= 15 is 0 Å². The standard InChI is InChI=1S/C26H22F2N4O4/c1-3-21-30(4-2)26(36)22-24(34)23(33)19(15-32(22)31(21)14-16-8-6-5-7-9-16)25(35)29-13-17-10-11-18(27)12-20(17)28/h1,5-12,15,21,34H,4,13-14H2,2H3,(H,29,35)/t21-/m0/s1. The smallest absolute Gasteiger partial charge is 0.278 e. The van der Waals surface area contributed by atoms with E-state index in [1.807, 2.05) is 30.3 Å². The number of hydrogen-bond acceptors (Lipinski definition) is 5. The maximum absolute atomic E-state index is 14.0. The predicted molar refractivity (Wildman–Crippen MR) is 128 cm³/mol. The predicted octanol–water partition coefficient (Wildman–Crippen LogP) is 2.34. The van der Waals surface area contributed by atoms with Crippen molar-refractivity contribution in [1.29, 1.82) is 0 Å². The van der Waals surface area contributed by atoms with Gasteiger partial charge in [0.2, 0.25) is 5.43 Å². The molecule has 0 spiro atoms. The van der Waals surface area contributed by atoms with Crippen molar-refractivity contribution in [3.05, 3.63) is 99.0 Å². The van der Waals surface area contributed by atoms with Gasteiger partial charge in [0.1, 0.15) is 17.2 Å². The van der Waals surface area contributed by atoms with E-state index in [0.717, 1.165) is 17.8 Å². The summed E-state index contributed by atoms with van der Waals surface area (Å²) in [6.07, 6.45) is 6.03. The number of carbonyl (C=O) groups excluding carboxylic acids is 2. The zero-order chi connectivity index (χ0) is 26.0. The summed E-state index contributed by atoms with van der Waals surface area (Å²) in [4.78, 5) is 40.3. The Labute approximate surface area is 205 Å². The van der Waals surface area contributed by atoms with E-state index in [0.29, 0.717) is 6.07 Å². The second kappa shape index (κ2) is 9.92. The van der Waals surface area contributed by atoms with Gasteiger partial charge >= 0.3 is 0 Å². The molecule has 1 atom stereocenters. The number of hydrogen-bond donors (Lipinski definition) is 2. The third-order valence-electron chi connectivity index (χ3n) is 5.86. The van der Waals surface area contributed by atoms with Crippen LogP contribution in [0.1, 0.15) is 38.9 Å². The second-order valence-electron chi connectivity index (χ2n) is 8.05. The van der Waals surface area contributed by atoms with Gasteiger partial charge in [0, 0.05) is 30.9 Å². The highest BCUT2D eigenvalue weighted by Crippen LogP contribution is 2.26. The first-order chi connectivity index (χ1) is 17.3. The number of amides is 2. The lowest BCUT2D eigenvalue weighted by Crippen LogP contribution is -2.60. The number of nitrogens with one attached hydrogen (secondary N) is 1. The van der Waals surface area contributed by atoms with Gasteiger partial charge in [0.25, 0.3) is 11.8 Å². The molecule has 0 aliphatic carbocycles. The average molecular weight is 492 g/mol. The van der Waals surface area contributed by atoms with Gasteiger partial charge in [0.05, 0.1) is 6.54 Å². The Morgan fingerprint density at radius 2 is 1.89 bits per heavy atom. The number of aromatic nitrogens is 1. The minimum absolute atomic E-state index is 0.00102. The third-order valence-corrected chi connectivity index (χ3v) is 5.86. The van der Waals surface area contributed by atoms with E-state index in [1.54, 1.807) is 11.9 Å². The fraction of sp³-hybridized carbons (Fsp3) is 0.192. The second-order valence-corrected chi connectivity index (χ2v) is 8.05. The molecule has 184 valence electrons. The van der Waals surface area contributed by atoms with E-state index in [2.05, 4.69) is 11.2 Å². The average Bonchev–Trinajstić information content (AvgIpc) is 2.86. The van der Waals surface area contributed by atoms with Crippen LogP contribution >= 0.6 is 0 Å². The summed E-state index contributed by atoms with van der Waals surface area (Å²) in [6.45, 7) is 1.77. The van der Waals surface area contributed by atoms with E-state index in [-0.39, 0.29) is 30.9 Å². The highest BCUT2D eigenvalue weighted by atomic mass is 19.1. The van der Waals surface area contributed by atoms with Crippen molar-refractivity contribution in [1.82, 2.24) is 14.9 Å². The van der Waals surface area contributed by atoms with Gasteiger partial charge in [0.15, 0.2) is 17.6 Å². The largest absolute Gasteiger partial charge is 0.502 e. The summed E-state index contributed by atoms with van der Waals surface area (Å²) >= 11 is 0. The number of halogens is 2.